The molecule has 1 N–H and O–H groups in total. The molecule has 0 aliphatic carbocycles. The normalized spacial score (nSPS) is 18.1. The van der Waals surface area contributed by atoms with E-state index in [1.54, 1.807) is 0 Å². The molecule has 0 bridgehead atoms. The van der Waals surface area contributed by atoms with Gasteiger partial charge in [0.15, 0.2) is 0 Å². The van der Waals surface area contributed by atoms with E-state index < -0.39 is 5.54 Å². The first-order valence-electron chi connectivity index (χ1n) is 7.64. The third-order valence-corrected chi connectivity index (χ3v) is 3.92. The molecule has 0 saturated heterocycles. The summed E-state index contributed by atoms with van der Waals surface area (Å²) in [5, 5.41) is 12.8. The van der Waals surface area contributed by atoms with E-state index in [-0.39, 0.29) is 0 Å². The Balaban J connectivity index is 4.47. The Kier molecular flexibility index (Phi) is 8.29. The van der Waals surface area contributed by atoms with E-state index in [0.717, 1.165) is 19.4 Å². The summed E-state index contributed by atoms with van der Waals surface area (Å²) in [7, 11) is 2.18. The summed E-state index contributed by atoms with van der Waals surface area (Å²) >= 11 is 0. The summed E-state index contributed by atoms with van der Waals surface area (Å²) in [4.78, 5) is 2.41. The first kappa shape index (κ1) is 18.4. The fraction of sp³-hybridized carbons (Fsp3) is 0.938. The van der Waals surface area contributed by atoms with Gasteiger partial charge in [-0.15, -0.1) is 0 Å². The summed E-state index contributed by atoms with van der Waals surface area (Å²) < 4.78 is 0. The van der Waals surface area contributed by atoms with Crippen molar-refractivity contribution in [2.24, 2.45) is 5.92 Å². The zero-order chi connectivity index (χ0) is 15.1. The maximum atomic E-state index is 9.40. The van der Waals surface area contributed by atoms with Gasteiger partial charge in [-0.05, 0) is 59.5 Å². The fourth-order valence-corrected chi connectivity index (χ4v) is 2.58. The van der Waals surface area contributed by atoms with Gasteiger partial charge in [-0.3, -0.25) is 5.32 Å². The summed E-state index contributed by atoms with van der Waals surface area (Å²) in [6.45, 7) is 14.1. The molecular weight excluding hydrogens is 234 g/mol. The van der Waals surface area contributed by atoms with Crippen molar-refractivity contribution in [1.82, 2.24) is 10.2 Å². The van der Waals surface area contributed by atoms with Gasteiger partial charge in [-0.1, -0.05) is 20.8 Å². The monoisotopic (exact) mass is 267 g/mol. The number of nitrogens with one attached hydrogen (secondary N) is 1. The lowest BCUT2D eigenvalue weighted by atomic mass is 9.93. The first-order valence-corrected chi connectivity index (χ1v) is 7.64. The predicted octanol–water partition coefficient (Wildman–Crippen LogP) is 3.41. The summed E-state index contributed by atoms with van der Waals surface area (Å²) in [6, 6.07) is 3.41. The minimum absolute atomic E-state index is 0.405. The number of hydrogen-bond donors (Lipinski definition) is 1. The van der Waals surface area contributed by atoms with Crippen molar-refractivity contribution in [3.8, 4) is 6.07 Å². The third kappa shape index (κ3) is 6.94. The molecule has 3 heteroatoms. The van der Waals surface area contributed by atoms with Crippen LogP contribution in [-0.4, -0.2) is 36.1 Å². The quantitative estimate of drug-likeness (QED) is 0.696. The van der Waals surface area contributed by atoms with Gasteiger partial charge in [0.25, 0.3) is 0 Å². The fourth-order valence-electron chi connectivity index (χ4n) is 2.58. The molecule has 0 aromatic carbocycles. The maximum absolute atomic E-state index is 9.40. The van der Waals surface area contributed by atoms with Gasteiger partial charge in [-0.2, -0.15) is 5.26 Å². The molecule has 0 saturated carbocycles. The Morgan fingerprint density at radius 1 is 1.21 bits per heavy atom. The van der Waals surface area contributed by atoms with Gasteiger partial charge in [0.05, 0.1) is 6.07 Å². The van der Waals surface area contributed by atoms with E-state index in [1.165, 1.54) is 6.42 Å². The zero-order valence-corrected chi connectivity index (χ0v) is 14.0. The van der Waals surface area contributed by atoms with Crippen molar-refractivity contribution in [2.75, 3.05) is 13.6 Å². The summed E-state index contributed by atoms with van der Waals surface area (Å²) in [5.41, 5.74) is -0.415. The van der Waals surface area contributed by atoms with E-state index in [1.807, 2.05) is 6.92 Å². The molecule has 0 aliphatic rings. The van der Waals surface area contributed by atoms with Crippen LogP contribution in [0.2, 0.25) is 0 Å². The molecule has 0 heterocycles. The van der Waals surface area contributed by atoms with Crippen LogP contribution in [-0.2, 0) is 0 Å². The minimum atomic E-state index is -0.415. The molecule has 3 atom stereocenters. The predicted molar refractivity (Wildman–Crippen MR) is 83.1 cm³/mol. The number of nitrogens with zero attached hydrogens (tertiary/aromatic N) is 2. The van der Waals surface area contributed by atoms with Crippen molar-refractivity contribution < 1.29 is 0 Å². The van der Waals surface area contributed by atoms with Crippen LogP contribution in [0.4, 0.5) is 0 Å². The molecule has 0 aromatic rings. The Morgan fingerprint density at radius 3 is 2.21 bits per heavy atom. The van der Waals surface area contributed by atoms with Gasteiger partial charge in [0, 0.05) is 12.1 Å². The molecule has 0 radical (unpaired) electrons. The highest BCUT2D eigenvalue weighted by Crippen LogP contribution is 2.19. The van der Waals surface area contributed by atoms with Gasteiger partial charge in [-0.25, -0.2) is 0 Å². The molecule has 19 heavy (non-hydrogen) atoms. The second-order valence-corrected chi connectivity index (χ2v) is 6.57. The highest BCUT2D eigenvalue weighted by atomic mass is 15.2. The molecular formula is C16H33N3. The second kappa shape index (κ2) is 8.55. The molecule has 0 spiro atoms. The first-order chi connectivity index (χ1) is 8.75. The highest BCUT2D eigenvalue weighted by molar-refractivity contribution is 5.05. The maximum Gasteiger partial charge on any atom is 0.105 e. The third-order valence-electron chi connectivity index (χ3n) is 3.92. The van der Waals surface area contributed by atoms with Crippen LogP contribution in [0.1, 0.15) is 60.8 Å². The minimum Gasteiger partial charge on any atom is -0.301 e. The lowest BCUT2D eigenvalue weighted by Gasteiger charge is -2.36. The molecule has 3 unspecified atom stereocenters. The number of hydrogen-bond acceptors (Lipinski definition) is 3. The lowest BCUT2D eigenvalue weighted by Crippen LogP contribution is -2.48. The van der Waals surface area contributed by atoms with Crippen molar-refractivity contribution >= 4 is 0 Å². The van der Waals surface area contributed by atoms with Crippen LogP contribution in [0, 0.1) is 17.2 Å². The smallest absolute Gasteiger partial charge is 0.105 e. The number of rotatable bonds is 9. The van der Waals surface area contributed by atoms with Gasteiger partial charge >= 0.3 is 0 Å². The average Bonchev–Trinajstić information content (AvgIpc) is 2.34. The molecule has 3 nitrogen and oxygen atoms in total. The van der Waals surface area contributed by atoms with Gasteiger partial charge in [0.1, 0.15) is 5.54 Å². The molecule has 0 rings (SSSR count). The van der Waals surface area contributed by atoms with E-state index in [4.69, 9.17) is 0 Å². The SMILES string of the molecule is CCCNC(C)(C#N)CC(C)N(C)C(C)CC(C)C. The second-order valence-electron chi connectivity index (χ2n) is 6.57. The highest BCUT2D eigenvalue weighted by Gasteiger charge is 2.28. The summed E-state index contributed by atoms with van der Waals surface area (Å²) in [6.07, 6.45) is 3.13. The molecule has 0 aromatic heterocycles. The molecule has 0 fully saturated rings. The largest absolute Gasteiger partial charge is 0.301 e. The van der Waals surface area contributed by atoms with E-state index >= 15 is 0 Å². The zero-order valence-electron chi connectivity index (χ0n) is 14.0. The van der Waals surface area contributed by atoms with Crippen LogP contribution in [0.3, 0.4) is 0 Å². The van der Waals surface area contributed by atoms with Crippen LogP contribution in [0.5, 0.6) is 0 Å². The van der Waals surface area contributed by atoms with Crippen molar-refractivity contribution in [2.45, 2.75) is 78.4 Å². The summed E-state index contributed by atoms with van der Waals surface area (Å²) in [5.74, 6) is 0.713. The molecule has 112 valence electrons. The Hall–Kier alpha value is -0.590. The van der Waals surface area contributed by atoms with Crippen LogP contribution < -0.4 is 5.32 Å². The van der Waals surface area contributed by atoms with E-state index in [9.17, 15) is 5.26 Å². The van der Waals surface area contributed by atoms with Crippen LogP contribution >= 0.6 is 0 Å². The Labute approximate surface area is 120 Å². The molecule has 0 amide bonds. The molecule has 0 aliphatic heterocycles. The van der Waals surface area contributed by atoms with E-state index in [2.05, 4.69) is 58.0 Å². The van der Waals surface area contributed by atoms with Crippen molar-refractivity contribution in [1.29, 1.82) is 5.26 Å². The van der Waals surface area contributed by atoms with Crippen LogP contribution in [0.15, 0.2) is 0 Å². The van der Waals surface area contributed by atoms with Crippen molar-refractivity contribution in [3.63, 3.8) is 0 Å². The number of nitriles is 1. The Bertz CT molecular complexity index is 282. The van der Waals surface area contributed by atoms with E-state index in [0.29, 0.717) is 18.0 Å². The topological polar surface area (TPSA) is 39.1 Å². The van der Waals surface area contributed by atoms with Gasteiger partial charge in [0.2, 0.25) is 0 Å². The standard InChI is InChI=1S/C16H33N3/c1-8-9-18-16(6,12-17)11-15(5)19(7)14(4)10-13(2)3/h13-15,18H,8-11H2,1-7H3. The average molecular weight is 267 g/mol. The Morgan fingerprint density at radius 2 is 1.79 bits per heavy atom. The van der Waals surface area contributed by atoms with Crippen molar-refractivity contribution in [3.05, 3.63) is 0 Å². The lowest BCUT2D eigenvalue weighted by molar-refractivity contribution is 0.150. The van der Waals surface area contributed by atoms with Gasteiger partial charge < -0.3 is 4.90 Å². The van der Waals surface area contributed by atoms with Crippen LogP contribution in [0.25, 0.3) is 0 Å².